The topological polar surface area (TPSA) is 179 Å². The van der Waals surface area contributed by atoms with E-state index in [2.05, 4.69) is 40.1 Å². The number of aliphatic hydroxyl groups excluding tert-OH is 1. The Morgan fingerprint density at radius 1 is 1.06 bits per heavy atom. The molecule has 2 saturated heterocycles. The Bertz CT molecular complexity index is 636. The second-order valence-electron chi connectivity index (χ2n) is 9.86. The predicted octanol–water partition coefficient (Wildman–Crippen LogP) is -1.88. The van der Waals surface area contributed by atoms with E-state index < -0.39 is 42.5 Å². The molecule has 10 N–H and O–H groups in total. The van der Waals surface area contributed by atoms with Crippen LogP contribution in [-0.2, 0) is 18.9 Å². The van der Waals surface area contributed by atoms with E-state index in [-0.39, 0.29) is 40.8 Å². The minimum Gasteiger partial charge on any atom is -0.386 e. The number of alkyl halides is 1. The van der Waals surface area contributed by atoms with Crippen molar-refractivity contribution < 1.29 is 29.2 Å². The maximum Gasteiger partial charge on any atom is 0.185 e. The van der Waals surface area contributed by atoms with Crippen LogP contribution in [0.1, 0.15) is 33.1 Å². The van der Waals surface area contributed by atoms with Gasteiger partial charge in [-0.3, -0.25) is 0 Å². The molecule has 33 heavy (non-hydrogen) atoms. The lowest BCUT2D eigenvalue weighted by Gasteiger charge is -2.48. The molecule has 0 aromatic heterocycles. The van der Waals surface area contributed by atoms with E-state index in [1.54, 1.807) is 14.0 Å². The number of halogens is 1. The number of nitrogens with one attached hydrogen (secondary N) is 2. The largest absolute Gasteiger partial charge is 0.386 e. The highest BCUT2D eigenvalue weighted by Crippen LogP contribution is 2.34. The SMILES string of the molecule is CNC(C)C1CCC(N)C(OC2C(N)CC(N)C(OC3OCC(C)(O)C(NC)C3O)C2I)O1. The van der Waals surface area contributed by atoms with Crippen LogP contribution in [0.15, 0.2) is 0 Å². The molecule has 0 aromatic rings. The third-order valence-electron chi connectivity index (χ3n) is 7.20. The molecule has 13 atom stereocenters. The van der Waals surface area contributed by atoms with Crippen LogP contribution in [0.3, 0.4) is 0 Å². The molecule has 0 radical (unpaired) electrons. The van der Waals surface area contributed by atoms with Gasteiger partial charge in [-0.2, -0.15) is 0 Å². The highest BCUT2D eigenvalue weighted by molar-refractivity contribution is 14.1. The van der Waals surface area contributed by atoms with Crippen LogP contribution in [0.25, 0.3) is 0 Å². The molecule has 11 nitrogen and oxygen atoms in total. The second-order valence-corrected chi connectivity index (χ2v) is 11.3. The predicted molar refractivity (Wildman–Crippen MR) is 132 cm³/mol. The Labute approximate surface area is 209 Å². The number of nitrogens with two attached hydrogens (primary N) is 3. The van der Waals surface area contributed by atoms with Crippen molar-refractivity contribution in [3.8, 4) is 0 Å². The normalized spacial score (nSPS) is 50.2. The fourth-order valence-corrected chi connectivity index (χ4v) is 6.40. The number of hydrogen-bond donors (Lipinski definition) is 7. The van der Waals surface area contributed by atoms with Gasteiger partial charge in [0.25, 0.3) is 0 Å². The Hall–Kier alpha value is 0.290. The molecule has 3 fully saturated rings. The molecule has 3 rings (SSSR count). The zero-order chi connectivity index (χ0) is 24.5. The van der Waals surface area contributed by atoms with Crippen molar-refractivity contribution in [2.75, 3.05) is 20.7 Å². The monoisotopic (exact) mass is 587 g/mol. The average molecular weight is 588 g/mol. The summed E-state index contributed by atoms with van der Waals surface area (Å²) in [6, 6.07) is -1.38. The van der Waals surface area contributed by atoms with Gasteiger partial charge in [0.05, 0.1) is 40.9 Å². The summed E-state index contributed by atoms with van der Waals surface area (Å²) >= 11 is 2.24. The van der Waals surface area contributed by atoms with Gasteiger partial charge in [-0.15, -0.1) is 0 Å². The highest BCUT2D eigenvalue weighted by atomic mass is 127. The van der Waals surface area contributed by atoms with Crippen LogP contribution >= 0.6 is 22.6 Å². The smallest absolute Gasteiger partial charge is 0.185 e. The molecular formula is C21H42IN5O6. The molecule has 0 spiro atoms. The quantitative estimate of drug-likeness (QED) is 0.131. The number of aliphatic hydroxyl groups is 2. The van der Waals surface area contributed by atoms with Gasteiger partial charge in [0.1, 0.15) is 11.7 Å². The van der Waals surface area contributed by atoms with Gasteiger partial charge in [0.15, 0.2) is 12.6 Å². The van der Waals surface area contributed by atoms with E-state index in [9.17, 15) is 10.2 Å². The van der Waals surface area contributed by atoms with Crippen molar-refractivity contribution in [1.82, 2.24) is 10.6 Å². The molecule has 12 heteroatoms. The Balaban J connectivity index is 1.68. The number of rotatable bonds is 7. The van der Waals surface area contributed by atoms with Crippen molar-refractivity contribution in [3.05, 3.63) is 0 Å². The van der Waals surface area contributed by atoms with E-state index in [0.717, 1.165) is 12.8 Å². The summed E-state index contributed by atoms with van der Waals surface area (Å²) < 4.78 is 24.2. The summed E-state index contributed by atoms with van der Waals surface area (Å²) in [5.41, 5.74) is 18.0. The lowest BCUT2D eigenvalue weighted by atomic mass is 9.86. The molecule has 0 amide bonds. The highest BCUT2D eigenvalue weighted by Gasteiger charge is 2.50. The third kappa shape index (κ3) is 6.17. The standard InChI is InChI=1S/C21H42IN5O6/c1-9(26-3)13-6-5-10(23)19(31-13)32-16-11(24)7-12(25)17(14(16)22)33-20-15(28)18(27-4)21(2,29)8-30-20/h9-20,26-29H,5-8,23-25H2,1-4H3. The lowest BCUT2D eigenvalue weighted by Crippen LogP contribution is -2.68. The first kappa shape index (κ1) is 27.9. The van der Waals surface area contributed by atoms with Gasteiger partial charge in [-0.05, 0) is 47.2 Å². The van der Waals surface area contributed by atoms with Gasteiger partial charge >= 0.3 is 0 Å². The van der Waals surface area contributed by atoms with Gasteiger partial charge in [-0.25, -0.2) is 0 Å². The lowest BCUT2D eigenvalue weighted by molar-refractivity contribution is -0.289. The molecule has 194 valence electrons. The first-order valence-electron chi connectivity index (χ1n) is 11.7. The fraction of sp³-hybridized carbons (Fsp3) is 1.00. The van der Waals surface area contributed by atoms with Crippen molar-refractivity contribution in [2.24, 2.45) is 17.2 Å². The number of likely N-dealkylation sites (N-methyl/N-ethyl adjacent to an activating group) is 2. The Kier molecular flexibility index (Phi) is 9.77. The minimum atomic E-state index is -1.23. The summed E-state index contributed by atoms with van der Waals surface area (Å²) in [5, 5.41) is 27.4. The molecule has 3 aliphatic rings. The summed E-state index contributed by atoms with van der Waals surface area (Å²) in [7, 11) is 3.58. The second kappa shape index (κ2) is 11.6. The molecule has 1 saturated carbocycles. The molecule has 0 bridgehead atoms. The third-order valence-corrected chi connectivity index (χ3v) is 8.61. The summed E-state index contributed by atoms with van der Waals surface area (Å²) in [4.78, 5) is 0. The van der Waals surface area contributed by atoms with Crippen molar-refractivity contribution >= 4 is 22.6 Å². The van der Waals surface area contributed by atoms with Crippen LogP contribution in [-0.4, -0.2) is 108 Å². The van der Waals surface area contributed by atoms with Crippen molar-refractivity contribution in [1.29, 1.82) is 0 Å². The van der Waals surface area contributed by atoms with E-state index in [0.29, 0.717) is 6.42 Å². The summed E-state index contributed by atoms with van der Waals surface area (Å²) in [6.45, 7) is 3.70. The van der Waals surface area contributed by atoms with E-state index in [4.69, 9.17) is 36.1 Å². The zero-order valence-corrected chi connectivity index (χ0v) is 22.1. The van der Waals surface area contributed by atoms with E-state index >= 15 is 0 Å². The molecule has 2 aliphatic heterocycles. The van der Waals surface area contributed by atoms with Crippen LogP contribution in [0.2, 0.25) is 0 Å². The number of ether oxygens (including phenoxy) is 4. The molecule has 1 aliphatic carbocycles. The Morgan fingerprint density at radius 2 is 1.67 bits per heavy atom. The van der Waals surface area contributed by atoms with E-state index in [1.807, 2.05) is 7.05 Å². The van der Waals surface area contributed by atoms with Gasteiger partial charge in [0.2, 0.25) is 0 Å². The van der Waals surface area contributed by atoms with E-state index in [1.165, 1.54) is 0 Å². The minimum absolute atomic E-state index is 0.00126. The van der Waals surface area contributed by atoms with Gasteiger partial charge in [-0.1, -0.05) is 22.6 Å². The van der Waals surface area contributed by atoms with Crippen LogP contribution in [0.4, 0.5) is 0 Å². The van der Waals surface area contributed by atoms with Crippen LogP contribution in [0, 0.1) is 0 Å². The average Bonchev–Trinajstić information content (AvgIpc) is 2.76. The fourth-order valence-electron chi connectivity index (χ4n) is 4.99. The summed E-state index contributed by atoms with van der Waals surface area (Å²) in [6.07, 6.45) is -1.37. The van der Waals surface area contributed by atoms with Crippen LogP contribution in [0.5, 0.6) is 0 Å². The van der Waals surface area contributed by atoms with Crippen molar-refractivity contribution in [3.63, 3.8) is 0 Å². The zero-order valence-electron chi connectivity index (χ0n) is 19.9. The van der Waals surface area contributed by atoms with Gasteiger partial charge in [0, 0.05) is 18.1 Å². The number of hydrogen-bond acceptors (Lipinski definition) is 11. The maximum atomic E-state index is 10.8. The molecule has 13 unspecified atom stereocenters. The first-order chi connectivity index (χ1) is 15.5. The Morgan fingerprint density at radius 3 is 2.24 bits per heavy atom. The van der Waals surface area contributed by atoms with Crippen LogP contribution < -0.4 is 27.8 Å². The van der Waals surface area contributed by atoms with Crippen molar-refractivity contribution in [2.45, 2.75) is 110 Å². The first-order valence-corrected chi connectivity index (χ1v) is 13.0. The maximum absolute atomic E-state index is 10.8. The molecule has 2 heterocycles. The summed E-state index contributed by atoms with van der Waals surface area (Å²) in [5.74, 6) is 0. The molecular weight excluding hydrogens is 545 g/mol. The van der Waals surface area contributed by atoms with Gasteiger partial charge < -0.3 is 57.0 Å². The molecule has 0 aromatic carbocycles.